The van der Waals surface area contributed by atoms with E-state index in [0.29, 0.717) is 17.4 Å². The zero-order valence-electron chi connectivity index (χ0n) is 12.7. The van der Waals surface area contributed by atoms with Crippen LogP contribution in [0.4, 0.5) is 0 Å². The van der Waals surface area contributed by atoms with Gasteiger partial charge in [0, 0.05) is 23.4 Å². The second-order valence-electron chi connectivity index (χ2n) is 5.40. The van der Waals surface area contributed by atoms with E-state index >= 15 is 0 Å². The number of hydrogen-bond acceptors (Lipinski definition) is 4. The van der Waals surface area contributed by atoms with E-state index in [1.807, 2.05) is 6.07 Å². The van der Waals surface area contributed by atoms with Gasteiger partial charge in [0.1, 0.15) is 11.9 Å². The number of amides is 1. The lowest BCUT2D eigenvalue weighted by atomic mass is 10.1. The highest BCUT2D eigenvalue weighted by atomic mass is 35.5. The first-order valence-electron chi connectivity index (χ1n) is 7.40. The van der Waals surface area contributed by atoms with Gasteiger partial charge in [-0.05, 0) is 30.7 Å². The summed E-state index contributed by atoms with van der Waals surface area (Å²) in [5.41, 5.74) is 1.63. The number of carbonyl (C=O) groups excluding carboxylic acids is 1. The van der Waals surface area contributed by atoms with Crippen molar-refractivity contribution in [2.75, 3.05) is 13.7 Å². The molecule has 0 radical (unpaired) electrons. The van der Waals surface area contributed by atoms with Crippen LogP contribution >= 0.6 is 11.6 Å². The summed E-state index contributed by atoms with van der Waals surface area (Å²) in [5, 5.41) is 10.4. The maximum Gasteiger partial charge on any atom is 0.224 e. The summed E-state index contributed by atoms with van der Waals surface area (Å²) in [5.74, 6) is 0.558. The molecule has 0 bridgehead atoms. The molecule has 122 valence electrons. The van der Waals surface area contributed by atoms with Gasteiger partial charge in [-0.2, -0.15) is 5.10 Å². The molecule has 2 heterocycles. The van der Waals surface area contributed by atoms with Crippen LogP contribution in [0.15, 0.2) is 30.5 Å². The predicted molar refractivity (Wildman–Crippen MR) is 85.5 cm³/mol. The highest BCUT2D eigenvalue weighted by Gasteiger charge is 2.31. The number of methoxy groups -OCH3 is 1. The third-order valence-corrected chi connectivity index (χ3v) is 4.10. The molecule has 0 saturated carbocycles. The van der Waals surface area contributed by atoms with Gasteiger partial charge in [0.2, 0.25) is 5.91 Å². The quantitative estimate of drug-likeness (QED) is 0.878. The zero-order chi connectivity index (χ0) is 16.2. The highest BCUT2D eigenvalue weighted by molar-refractivity contribution is 6.30. The van der Waals surface area contributed by atoms with Gasteiger partial charge < -0.3 is 14.8 Å². The van der Waals surface area contributed by atoms with Gasteiger partial charge in [0.05, 0.1) is 25.3 Å². The lowest BCUT2D eigenvalue weighted by Crippen LogP contribution is -2.37. The molecule has 23 heavy (non-hydrogen) atoms. The summed E-state index contributed by atoms with van der Waals surface area (Å²) in [6, 6.07) is 7.03. The van der Waals surface area contributed by atoms with Crippen LogP contribution in [-0.4, -0.2) is 35.9 Å². The summed E-state index contributed by atoms with van der Waals surface area (Å²) in [7, 11) is 1.57. The molecule has 2 aromatic rings. The minimum atomic E-state index is -0.192. The largest absolute Gasteiger partial charge is 0.496 e. The third kappa shape index (κ3) is 3.65. The number of carbonyl (C=O) groups is 1. The molecule has 3 rings (SSSR count). The Labute approximate surface area is 139 Å². The van der Waals surface area contributed by atoms with Crippen molar-refractivity contribution in [3.8, 4) is 5.75 Å². The second-order valence-corrected chi connectivity index (χ2v) is 5.84. The van der Waals surface area contributed by atoms with E-state index in [4.69, 9.17) is 21.1 Å². The Hall–Kier alpha value is -2.05. The number of nitrogens with zero attached hydrogens (tertiary/aromatic N) is 1. The standard InChI is InChI=1S/C16H18ClN3O3/c1-22-14-3-2-11(17)8-10(14)9-15(21)19-12-5-7-23-16(12)13-4-6-18-20-13/h2-4,6,8,12,16H,5,7,9H2,1H3,(H,18,20)(H,19,21)/t12-,16-/m0/s1. The van der Waals surface area contributed by atoms with E-state index in [1.54, 1.807) is 31.5 Å². The molecule has 2 atom stereocenters. The van der Waals surface area contributed by atoms with Gasteiger partial charge in [-0.25, -0.2) is 0 Å². The average molecular weight is 336 g/mol. The van der Waals surface area contributed by atoms with E-state index < -0.39 is 0 Å². The van der Waals surface area contributed by atoms with Crippen molar-refractivity contribution < 1.29 is 14.3 Å². The van der Waals surface area contributed by atoms with Crippen molar-refractivity contribution in [2.45, 2.75) is 25.0 Å². The summed E-state index contributed by atoms with van der Waals surface area (Å²) in [6.07, 6.45) is 2.45. The lowest BCUT2D eigenvalue weighted by Gasteiger charge is -2.19. The second kappa shape index (κ2) is 7.02. The molecule has 0 unspecified atom stereocenters. The first-order valence-corrected chi connectivity index (χ1v) is 7.78. The van der Waals surface area contributed by atoms with Crippen LogP contribution in [0.2, 0.25) is 5.02 Å². The fourth-order valence-corrected chi connectivity index (χ4v) is 2.98. The van der Waals surface area contributed by atoms with Crippen LogP contribution in [0.1, 0.15) is 23.8 Å². The number of aromatic amines is 1. The molecular weight excluding hydrogens is 318 g/mol. The van der Waals surface area contributed by atoms with Crippen LogP contribution in [0.3, 0.4) is 0 Å². The number of H-pyrrole nitrogens is 1. The maximum absolute atomic E-state index is 12.4. The molecule has 1 amide bonds. The van der Waals surface area contributed by atoms with Gasteiger partial charge in [-0.3, -0.25) is 9.89 Å². The van der Waals surface area contributed by atoms with Gasteiger partial charge in [-0.15, -0.1) is 0 Å². The molecule has 0 spiro atoms. The molecule has 1 aliphatic heterocycles. The Bertz CT molecular complexity index is 675. The van der Waals surface area contributed by atoms with Crippen molar-refractivity contribution in [3.05, 3.63) is 46.7 Å². The van der Waals surface area contributed by atoms with E-state index in [0.717, 1.165) is 17.7 Å². The molecule has 1 fully saturated rings. The van der Waals surface area contributed by atoms with Crippen LogP contribution in [-0.2, 0) is 16.0 Å². The van der Waals surface area contributed by atoms with E-state index in [2.05, 4.69) is 15.5 Å². The van der Waals surface area contributed by atoms with Crippen molar-refractivity contribution in [3.63, 3.8) is 0 Å². The Kier molecular flexibility index (Phi) is 4.83. The van der Waals surface area contributed by atoms with Crippen LogP contribution in [0, 0.1) is 0 Å². The first-order chi connectivity index (χ1) is 11.2. The topological polar surface area (TPSA) is 76.2 Å². The van der Waals surface area contributed by atoms with Gasteiger partial charge >= 0.3 is 0 Å². The predicted octanol–water partition coefficient (Wildman–Crippen LogP) is 2.26. The van der Waals surface area contributed by atoms with Crippen LogP contribution in [0.25, 0.3) is 0 Å². The van der Waals surface area contributed by atoms with E-state index in [9.17, 15) is 4.79 Å². The maximum atomic E-state index is 12.4. The van der Waals surface area contributed by atoms with Crippen LogP contribution in [0.5, 0.6) is 5.75 Å². The van der Waals surface area contributed by atoms with Gasteiger partial charge in [0.15, 0.2) is 0 Å². The monoisotopic (exact) mass is 335 g/mol. The normalized spacial score (nSPS) is 20.4. The van der Waals surface area contributed by atoms with E-state index in [-0.39, 0.29) is 24.5 Å². The highest BCUT2D eigenvalue weighted by Crippen LogP contribution is 2.28. The Morgan fingerprint density at radius 1 is 1.52 bits per heavy atom. The minimum Gasteiger partial charge on any atom is -0.496 e. The number of rotatable bonds is 5. The molecular formula is C16H18ClN3O3. The summed E-state index contributed by atoms with van der Waals surface area (Å²) < 4.78 is 11.0. The van der Waals surface area contributed by atoms with Crippen LogP contribution < -0.4 is 10.1 Å². The van der Waals surface area contributed by atoms with Crippen molar-refractivity contribution in [1.82, 2.24) is 15.5 Å². The number of benzene rings is 1. The Morgan fingerprint density at radius 2 is 2.39 bits per heavy atom. The molecule has 0 aliphatic carbocycles. The minimum absolute atomic E-state index is 0.0758. The third-order valence-electron chi connectivity index (χ3n) is 3.86. The fourth-order valence-electron chi connectivity index (χ4n) is 2.79. The number of ether oxygens (including phenoxy) is 2. The summed E-state index contributed by atoms with van der Waals surface area (Å²) >= 11 is 6.00. The SMILES string of the molecule is COc1ccc(Cl)cc1CC(=O)N[C@H]1CCO[C@@H]1c1ccn[nH]1. The van der Waals surface area contributed by atoms with E-state index in [1.165, 1.54) is 0 Å². The fraction of sp³-hybridized carbons (Fsp3) is 0.375. The zero-order valence-corrected chi connectivity index (χ0v) is 13.5. The molecule has 6 nitrogen and oxygen atoms in total. The van der Waals surface area contributed by atoms with Crippen molar-refractivity contribution >= 4 is 17.5 Å². The number of nitrogens with one attached hydrogen (secondary N) is 2. The van der Waals surface area contributed by atoms with Crippen molar-refractivity contribution in [2.24, 2.45) is 0 Å². The molecule has 1 aromatic carbocycles. The summed E-state index contributed by atoms with van der Waals surface area (Å²) in [4.78, 5) is 12.4. The molecule has 7 heteroatoms. The summed E-state index contributed by atoms with van der Waals surface area (Å²) in [6.45, 7) is 0.606. The Morgan fingerprint density at radius 3 is 3.13 bits per heavy atom. The molecule has 2 N–H and O–H groups in total. The molecule has 1 saturated heterocycles. The van der Waals surface area contributed by atoms with Crippen molar-refractivity contribution in [1.29, 1.82) is 0 Å². The average Bonchev–Trinajstić information content (AvgIpc) is 3.18. The lowest BCUT2D eigenvalue weighted by molar-refractivity contribution is -0.121. The number of halogens is 1. The Balaban J connectivity index is 1.66. The smallest absolute Gasteiger partial charge is 0.224 e. The number of hydrogen-bond donors (Lipinski definition) is 2. The first kappa shape index (κ1) is 15.8. The van der Waals surface area contributed by atoms with Gasteiger partial charge in [-0.1, -0.05) is 11.6 Å². The van der Waals surface area contributed by atoms with Gasteiger partial charge in [0.25, 0.3) is 0 Å². The molecule has 1 aliphatic rings. The molecule has 1 aromatic heterocycles. The number of aromatic nitrogens is 2.